The fourth-order valence-electron chi connectivity index (χ4n) is 2.70. The SMILES string of the molecule is C[Si](C)(C)CCOCN(C(=O)CC1=CCN(C(=O)O)CC1)c1ncccc1Br. The molecule has 0 atom stereocenters. The highest BCUT2D eigenvalue weighted by molar-refractivity contribution is 9.10. The van der Waals surface area contributed by atoms with Crippen LogP contribution in [-0.2, 0) is 9.53 Å². The van der Waals surface area contributed by atoms with E-state index in [1.54, 1.807) is 17.2 Å². The van der Waals surface area contributed by atoms with E-state index in [2.05, 4.69) is 40.6 Å². The molecule has 0 saturated carbocycles. The Kier molecular flexibility index (Phi) is 8.20. The number of amides is 2. The zero-order chi connectivity index (χ0) is 20.7. The molecule has 0 saturated heterocycles. The molecule has 7 nitrogen and oxygen atoms in total. The van der Waals surface area contributed by atoms with Crippen LogP contribution < -0.4 is 4.90 Å². The minimum Gasteiger partial charge on any atom is -0.465 e. The summed E-state index contributed by atoms with van der Waals surface area (Å²) in [4.78, 5) is 31.2. The molecule has 2 rings (SSSR count). The number of carbonyl (C=O) groups excluding carboxylic acids is 1. The number of aromatic nitrogens is 1. The Bertz CT molecular complexity index is 736. The second-order valence-electron chi connectivity index (χ2n) is 8.00. The molecule has 1 N–H and O–H groups in total. The Morgan fingerprint density at radius 3 is 2.71 bits per heavy atom. The lowest BCUT2D eigenvalue weighted by molar-refractivity contribution is -0.119. The molecule has 0 bridgehead atoms. The van der Waals surface area contributed by atoms with E-state index in [0.29, 0.717) is 31.9 Å². The second-order valence-corrected chi connectivity index (χ2v) is 14.5. The number of hydrogen-bond donors (Lipinski definition) is 1. The van der Waals surface area contributed by atoms with Crippen molar-refractivity contribution in [1.29, 1.82) is 0 Å². The van der Waals surface area contributed by atoms with Gasteiger partial charge in [0.25, 0.3) is 0 Å². The molecule has 1 aromatic rings. The van der Waals surface area contributed by atoms with Gasteiger partial charge >= 0.3 is 6.09 Å². The van der Waals surface area contributed by atoms with E-state index in [0.717, 1.165) is 16.1 Å². The molecule has 1 aliphatic rings. The summed E-state index contributed by atoms with van der Waals surface area (Å²) in [5.74, 6) is 0.423. The summed E-state index contributed by atoms with van der Waals surface area (Å²) >= 11 is 3.46. The zero-order valence-electron chi connectivity index (χ0n) is 16.7. The smallest absolute Gasteiger partial charge is 0.407 e. The lowest BCUT2D eigenvalue weighted by atomic mass is 10.0. The summed E-state index contributed by atoms with van der Waals surface area (Å²) < 4.78 is 6.54. The molecule has 9 heteroatoms. The summed E-state index contributed by atoms with van der Waals surface area (Å²) in [6.07, 6.45) is 3.33. The molecule has 154 valence electrons. The van der Waals surface area contributed by atoms with Crippen molar-refractivity contribution >= 4 is 41.8 Å². The van der Waals surface area contributed by atoms with Crippen molar-refractivity contribution in [2.75, 3.05) is 31.3 Å². The molecule has 0 aliphatic carbocycles. The van der Waals surface area contributed by atoms with E-state index in [-0.39, 0.29) is 19.1 Å². The van der Waals surface area contributed by atoms with E-state index >= 15 is 0 Å². The molecule has 0 radical (unpaired) electrons. The van der Waals surface area contributed by atoms with Crippen LogP contribution in [0.4, 0.5) is 10.6 Å². The number of rotatable bonds is 8. The molecule has 0 unspecified atom stereocenters. The summed E-state index contributed by atoms with van der Waals surface area (Å²) in [7, 11) is -1.21. The Morgan fingerprint density at radius 1 is 1.39 bits per heavy atom. The van der Waals surface area contributed by atoms with Gasteiger partial charge in [-0.05, 0) is 40.5 Å². The van der Waals surface area contributed by atoms with Crippen molar-refractivity contribution in [3.05, 3.63) is 34.5 Å². The van der Waals surface area contributed by atoms with Crippen molar-refractivity contribution in [2.45, 2.75) is 38.5 Å². The second kappa shape index (κ2) is 10.2. The monoisotopic (exact) mass is 469 g/mol. The van der Waals surface area contributed by atoms with Crippen LogP contribution in [0.1, 0.15) is 12.8 Å². The third kappa shape index (κ3) is 7.03. The zero-order valence-corrected chi connectivity index (χ0v) is 19.2. The van der Waals surface area contributed by atoms with Gasteiger partial charge in [-0.15, -0.1) is 0 Å². The van der Waals surface area contributed by atoms with Crippen LogP contribution in [0.25, 0.3) is 0 Å². The van der Waals surface area contributed by atoms with Gasteiger partial charge in [0.15, 0.2) is 5.82 Å². The van der Waals surface area contributed by atoms with Gasteiger partial charge in [-0.25, -0.2) is 9.78 Å². The van der Waals surface area contributed by atoms with Crippen LogP contribution in [0.15, 0.2) is 34.5 Å². The van der Waals surface area contributed by atoms with Crippen molar-refractivity contribution in [3.63, 3.8) is 0 Å². The highest BCUT2D eigenvalue weighted by Crippen LogP contribution is 2.25. The van der Waals surface area contributed by atoms with Gasteiger partial charge in [0, 0.05) is 40.4 Å². The predicted octanol–water partition coefficient (Wildman–Crippen LogP) is 4.19. The number of carbonyl (C=O) groups is 2. The Morgan fingerprint density at radius 2 is 2.14 bits per heavy atom. The van der Waals surface area contributed by atoms with E-state index in [9.17, 15) is 9.59 Å². The molecular formula is C19H28BrN3O4Si. The number of nitrogens with zero attached hydrogens (tertiary/aromatic N) is 3. The number of hydrogen-bond acceptors (Lipinski definition) is 4. The average molecular weight is 470 g/mol. The Hall–Kier alpha value is -1.71. The molecule has 1 aromatic heterocycles. The molecule has 1 aliphatic heterocycles. The van der Waals surface area contributed by atoms with Gasteiger partial charge in [0.1, 0.15) is 6.73 Å². The van der Waals surface area contributed by atoms with Gasteiger partial charge in [-0.1, -0.05) is 31.3 Å². The maximum atomic E-state index is 13.0. The standard InChI is InChI=1S/C19H28BrN3O4Si/c1-28(2,3)12-11-27-14-23(18-16(20)5-4-8-21-18)17(24)13-15-6-9-22(10-7-15)19(25)26/h4-6,8H,7,9-14H2,1-3H3,(H,25,26). The quantitative estimate of drug-likeness (QED) is 0.267. The van der Waals surface area contributed by atoms with Crippen LogP contribution in [0.2, 0.25) is 25.7 Å². The average Bonchev–Trinajstić information content (AvgIpc) is 2.62. The highest BCUT2D eigenvalue weighted by Gasteiger charge is 2.23. The van der Waals surface area contributed by atoms with Gasteiger partial charge in [-0.3, -0.25) is 9.69 Å². The summed E-state index contributed by atoms with van der Waals surface area (Å²) in [6, 6.07) is 4.66. The largest absolute Gasteiger partial charge is 0.465 e. The minimum absolute atomic E-state index is 0.109. The maximum absolute atomic E-state index is 13.0. The Labute approximate surface area is 175 Å². The third-order valence-corrected chi connectivity index (χ3v) is 6.79. The van der Waals surface area contributed by atoms with Crippen molar-refractivity contribution in [3.8, 4) is 0 Å². The molecule has 0 spiro atoms. The normalized spacial score (nSPS) is 14.6. The van der Waals surface area contributed by atoms with Crippen molar-refractivity contribution in [1.82, 2.24) is 9.88 Å². The molecule has 2 amide bonds. The van der Waals surface area contributed by atoms with Gasteiger partial charge in [-0.2, -0.15) is 0 Å². The van der Waals surface area contributed by atoms with Crippen LogP contribution in [-0.4, -0.2) is 61.5 Å². The van der Waals surface area contributed by atoms with E-state index in [1.165, 1.54) is 4.90 Å². The van der Waals surface area contributed by atoms with Crippen molar-refractivity contribution in [2.24, 2.45) is 0 Å². The number of pyridine rings is 1. The first kappa shape index (κ1) is 22.6. The first-order valence-electron chi connectivity index (χ1n) is 9.32. The van der Waals surface area contributed by atoms with Crippen molar-refractivity contribution < 1.29 is 19.4 Å². The summed E-state index contributed by atoms with van der Waals surface area (Å²) in [6.45, 7) is 8.33. The summed E-state index contributed by atoms with van der Waals surface area (Å²) in [5.41, 5.74) is 0.946. The first-order chi connectivity index (χ1) is 13.2. The first-order valence-corrected chi connectivity index (χ1v) is 13.8. The number of ether oxygens (including phenoxy) is 1. The lowest BCUT2D eigenvalue weighted by Crippen LogP contribution is -2.37. The summed E-state index contributed by atoms with van der Waals surface area (Å²) in [5, 5.41) is 9.05. The number of anilines is 1. The van der Waals surface area contributed by atoms with Gasteiger partial charge < -0.3 is 14.7 Å². The molecule has 0 aromatic carbocycles. The maximum Gasteiger partial charge on any atom is 0.407 e. The highest BCUT2D eigenvalue weighted by atomic mass is 79.9. The van der Waals surface area contributed by atoms with Gasteiger partial charge in [0.2, 0.25) is 5.91 Å². The van der Waals surface area contributed by atoms with E-state index < -0.39 is 14.2 Å². The number of carboxylic acid groups (broad SMARTS) is 1. The van der Waals surface area contributed by atoms with E-state index in [1.807, 2.05) is 12.1 Å². The number of halogens is 1. The van der Waals surface area contributed by atoms with Crippen LogP contribution >= 0.6 is 15.9 Å². The van der Waals surface area contributed by atoms with Gasteiger partial charge in [0.05, 0.1) is 4.47 Å². The Balaban J connectivity index is 2.05. The van der Waals surface area contributed by atoms with Crippen LogP contribution in [0, 0.1) is 0 Å². The minimum atomic E-state index is -1.21. The van der Waals surface area contributed by atoms with Crippen LogP contribution in [0.3, 0.4) is 0 Å². The van der Waals surface area contributed by atoms with Crippen LogP contribution in [0.5, 0.6) is 0 Å². The fraction of sp³-hybridized carbons (Fsp3) is 0.526. The predicted molar refractivity (Wildman–Crippen MR) is 115 cm³/mol. The molecule has 28 heavy (non-hydrogen) atoms. The molecular weight excluding hydrogens is 442 g/mol. The fourth-order valence-corrected chi connectivity index (χ4v) is 3.92. The molecule has 2 heterocycles. The topological polar surface area (TPSA) is 83.0 Å². The van der Waals surface area contributed by atoms with E-state index in [4.69, 9.17) is 9.84 Å². The molecule has 0 fully saturated rings. The third-order valence-electron chi connectivity index (χ3n) is 4.46. The lowest BCUT2D eigenvalue weighted by Gasteiger charge is -2.26.